The molecule has 2 N–H and O–H groups in total. The number of ether oxygens (including phenoxy) is 1. The average molecular weight is 429 g/mol. The van der Waals surface area contributed by atoms with Gasteiger partial charge in [0, 0.05) is 36.7 Å². The summed E-state index contributed by atoms with van der Waals surface area (Å²) < 4.78 is 20.0. The molecule has 1 atom stereocenters. The van der Waals surface area contributed by atoms with Crippen molar-refractivity contribution in [3.63, 3.8) is 0 Å². The molecule has 0 saturated carbocycles. The van der Waals surface area contributed by atoms with Gasteiger partial charge in [0.25, 0.3) is 0 Å². The third kappa shape index (κ3) is 6.16. The first-order chi connectivity index (χ1) is 12.2. The molecule has 0 spiro atoms. The van der Waals surface area contributed by atoms with E-state index in [4.69, 9.17) is 4.74 Å². The van der Waals surface area contributed by atoms with Crippen LogP contribution in [0.25, 0.3) is 0 Å². The zero-order valence-electron chi connectivity index (χ0n) is 15.6. The molecule has 6 nitrogen and oxygen atoms in total. The molecule has 0 radical (unpaired) electrons. The molecule has 1 aliphatic rings. The molecular formula is C18H26BrFN4O2. The number of likely N-dealkylation sites (tertiary alicyclic amines) is 1. The Bertz CT molecular complexity index is 676. The Morgan fingerprint density at radius 3 is 2.85 bits per heavy atom. The second-order valence-electron chi connectivity index (χ2n) is 7.21. The van der Waals surface area contributed by atoms with E-state index in [0.717, 1.165) is 17.4 Å². The van der Waals surface area contributed by atoms with E-state index in [1.54, 1.807) is 19.2 Å². The Morgan fingerprint density at radius 2 is 2.19 bits per heavy atom. The summed E-state index contributed by atoms with van der Waals surface area (Å²) in [5.74, 6) is 0.417. The van der Waals surface area contributed by atoms with Crippen molar-refractivity contribution in [1.29, 1.82) is 0 Å². The second-order valence-corrected chi connectivity index (χ2v) is 8.13. The van der Waals surface area contributed by atoms with Crippen molar-refractivity contribution in [2.24, 2.45) is 4.99 Å². The third-order valence-electron chi connectivity index (χ3n) is 3.87. The largest absolute Gasteiger partial charge is 0.444 e. The fourth-order valence-corrected chi connectivity index (χ4v) is 3.14. The van der Waals surface area contributed by atoms with E-state index in [-0.39, 0.29) is 11.9 Å². The van der Waals surface area contributed by atoms with Crippen LogP contribution in [-0.4, -0.2) is 48.7 Å². The molecule has 1 unspecified atom stereocenters. The van der Waals surface area contributed by atoms with Crippen LogP contribution in [-0.2, 0) is 11.3 Å². The Hall–Kier alpha value is -1.83. The Morgan fingerprint density at radius 1 is 1.46 bits per heavy atom. The zero-order valence-corrected chi connectivity index (χ0v) is 17.2. The number of nitrogens with one attached hydrogen (secondary N) is 2. The Balaban J connectivity index is 1.87. The molecule has 0 aliphatic carbocycles. The van der Waals surface area contributed by atoms with Crippen LogP contribution in [0.15, 0.2) is 27.7 Å². The molecule has 26 heavy (non-hydrogen) atoms. The number of guanidine groups is 1. The summed E-state index contributed by atoms with van der Waals surface area (Å²) in [5, 5.41) is 6.06. The van der Waals surface area contributed by atoms with Gasteiger partial charge in [-0.2, -0.15) is 0 Å². The fraction of sp³-hybridized carbons (Fsp3) is 0.556. The molecule has 1 aliphatic heterocycles. The minimum atomic E-state index is -0.520. The standard InChI is InChI=1S/C18H26BrFN4O2/c1-18(2,3)26-17(25)23-14-7-8-24(11-14)16(21-4)22-10-12-9-13(19)5-6-15(12)20/h5-6,9,14H,7-8,10-11H2,1-4H3,(H,21,22)(H,23,25). The van der Waals surface area contributed by atoms with Gasteiger partial charge in [0.05, 0.1) is 6.04 Å². The van der Waals surface area contributed by atoms with Gasteiger partial charge < -0.3 is 20.3 Å². The predicted molar refractivity (Wildman–Crippen MR) is 104 cm³/mol. The van der Waals surface area contributed by atoms with E-state index in [1.165, 1.54) is 6.07 Å². The van der Waals surface area contributed by atoms with Crippen LogP contribution < -0.4 is 10.6 Å². The quantitative estimate of drug-likeness (QED) is 0.572. The first kappa shape index (κ1) is 20.5. The van der Waals surface area contributed by atoms with Crippen LogP contribution >= 0.6 is 15.9 Å². The van der Waals surface area contributed by atoms with Gasteiger partial charge in [-0.05, 0) is 45.4 Å². The van der Waals surface area contributed by atoms with Gasteiger partial charge >= 0.3 is 6.09 Å². The molecule has 8 heteroatoms. The molecule has 1 aromatic carbocycles. The van der Waals surface area contributed by atoms with Gasteiger partial charge in [-0.15, -0.1) is 0 Å². The zero-order chi connectivity index (χ0) is 19.3. The summed E-state index contributed by atoms with van der Waals surface area (Å²) in [7, 11) is 1.69. The summed E-state index contributed by atoms with van der Waals surface area (Å²) in [4.78, 5) is 18.2. The van der Waals surface area contributed by atoms with Crippen molar-refractivity contribution in [3.8, 4) is 0 Å². The first-order valence-electron chi connectivity index (χ1n) is 8.57. The van der Waals surface area contributed by atoms with Crippen LogP contribution in [0, 0.1) is 5.82 Å². The number of carbonyl (C=O) groups excluding carboxylic acids is 1. The topological polar surface area (TPSA) is 66.0 Å². The fourth-order valence-electron chi connectivity index (χ4n) is 2.73. The molecule has 1 amide bonds. The highest BCUT2D eigenvalue weighted by Gasteiger charge is 2.27. The maximum atomic E-state index is 13.9. The smallest absolute Gasteiger partial charge is 0.407 e. The minimum Gasteiger partial charge on any atom is -0.444 e. The van der Waals surface area contributed by atoms with Crippen molar-refractivity contribution in [2.45, 2.75) is 45.4 Å². The lowest BCUT2D eigenvalue weighted by Crippen LogP contribution is -2.44. The Labute approximate surface area is 162 Å². The number of nitrogens with zero attached hydrogens (tertiary/aromatic N) is 2. The van der Waals surface area contributed by atoms with E-state index >= 15 is 0 Å². The number of aliphatic imine (C=N–C) groups is 1. The van der Waals surface area contributed by atoms with Gasteiger partial charge in [0.15, 0.2) is 5.96 Å². The summed E-state index contributed by atoms with van der Waals surface area (Å²) in [6.07, 6.45) is 0.383. The maximum absolute atomic E-state index is 13.9. The van der Waals surface area contributed by atoms with Crippen LogP contribution in [0.5, 0.6) is 0 Å². The van der Waals surface area contributed by atoms with E-state index < -0.39 is 11.7 Å². The molecule has 2 rings (SSSR count). The van der Waals surface area contributed by atoms with Crippen LogP contribution in [0.1, 0.15) is 32.8 Å². The Kier molecular flexibility index (Phi) is 6.86. The van der Waals surface area contributed by atoms with Crippen LogP contribution in [0.2, 0.25) is 0 Å². The molecule has 0 aromatic heterocycles. The van der Waals surface area contributed by atoms with Gasteiger partial charge in [0.2, 0.25) is 0 Å². The lowest BCUT2D eigenvalue weighted by molar-refractivity contribution is 0.0507. The number of halogens is 2. The lowest BCUT2D eigenvalue weighted by Gasteiger charge is -2.23. The number of benzene rings is 1. The van der Waals surface area contributed by atoms with E-state index in [1.807, 2.05) is 25.7 Å². The number of rotatable bonds is 3. The summed E-state index contributed by atoms with van der Waals surface area (Å²) in [5.41, 5.74) is 0.0386. The van der Waals surface area contributed by atoms with Gasteiger partial charge in [0.1, 0.15) is 11.4 Å². The lowest BCUT2D eigenvalue weighted by atomic mass is 10.2. The normalized spacial score (nSPS) is 18.0. The van der Waals surface area contributed by atoms with Gasteiger partial charge in [-0.1, -0.05) is 15.9 Å². The van der Waals surface area contributed by atoms with Crippen molar-refractivity contribution < 1.29 is 13.9 Å². The van der Waals surface area contributed by atoms with E-state index in [0.29, 0.717) is 24.6 Å². The highest BCUT2D eigenvalue weighted by Crippen LogP contribution is 2.16. The third-order valence-corrected chi connectivity index (χ3v) is 4.36. The molecule has 0 bridgehead atoms. The molecule has 1 fully saturated rings. The van der Waals surface area contributed by atoms with Crippen molar-refractivity contribution >= 4 is 28.0 Å². The first-order valence-corrected chi connectivity index (χ1v) is 9.36. The molecule has 1 aromatic rings. The second kappa shape index (κ2) is 8.70. The highest BCUT2D eigenvalue weighted by molar-refractivity contribution is 9.10. The summed E-state index contributed by atoms with van der Waals surface area (Å²) in [6, 6.07) is 4.83. The summed E-state index contributed by atoms with van der Waals surface area (Å²) in [6.45, 7) is 7.21. The SMILES string of the molecule is CN=C(NCc1cc(Br)ccc1F)N1CCC(NC(=O)OC(C)(C)C)C1. The predicted octanol–water partition coefficient (Wildman–Crippen LogP) is 3.26. The van der Waals surface area contributed by atoms with E-state index in [9.17, 15) is 9.18 Å². The maximum Gasteiger partial charge on any atom is 0.407 e. The highest BCUT2D eigenvalue weighted by atomic mass is 79.9. The van der Waals surface area contributed by atoms with Crippen molar-refractivity contribution in [2.75, 3.05) is 20.1 Å². The minimum absolute atomic E-state index is 0.00833. The summed E-state index contributed by atoms with van der Waals surface area (Å²) >= 11 is 3.35. The van der Waals surface area contributed by atoms with Crippen LogP contribution in [0.4, 0.5) is 9.18 Å². The van der Waals surface area contributed by atoms with Crippen molar-refractivity contribution in [1.82, 2.24) is 15.5 Å². The molecular weight excluding hydrogens is 403 g/mol. The number of alkyl carbamates (subject to hydrolysis) is 1. The number of carbonyl (C=O) groups is 1. The van der Waals surface area contributed by atoms with Gasteiger partial charge in [-0.25, -0.2) is 9.18 Å². The van der Waals surface area contributed by atoms with Crippen molar-refractivity contribution in [3.05, 3.63) is 34.1 Å². The monoisotopic (exact) mass is 428 g/mol. The van der Waals surface area contributed by atoms with Crippen LogP contribution in [0.3, 0.4) is 0 Å². The molecule has 1 saturated heterocycles. The molecule has 1 heterocycles. The number of hydrogen-bond acceptors (Lipinski definition) is 3. The molecule has 144 valence electrons. The number of hydrogen-bond donors (Lipinski definition) is 2. The van der Waals surface area contributed by atoms with E-state index in [2.05, 4.69) is 31.6 Å². The number of amides is 1. The average Bonchev–Trinajstić information content (AvgIpc) is 2.97. The van der Waals surface area contributed by atoms with Gasteiger partial charge in [-0.3, -0.25) is 4.99 Å².